The van der Waals surface area contributed by atoms with Crippen LogP contribution in [0.25, 0.3) is 0 Å². The molecule has 4 saturated carbocycles. The Bertz CT molecular complexity index is 658. The minimum Gasteiger partial charge on any atom is -0.446 e. The van der Waals surface area contributed by atoms with E-state index in [2.05, 4.69) is 37.5 Å². The summed E-state index contributed by atoms with van der Waals surface area (Å²) in [6.45, 7) is 6.46. The van der Waals surface area contributed by atoms with E-state index >= 15 is 0 Å². The van der Waals surface area contributed by atoms with Gasteiger partial charge in [0, 0.05) is 24.6 Å². The van der Waals surface area contributed by atoms with Crippen LogP contribution in [0.2, 0.25) is 0 Å². The molecule has 0 radical (unpaired) electrons. The van der Waals surface area contributed by atoms with Crippen LogP contribution in [0.1, 0.15) is 70.9 Å². The van der Waals surface area contributed by atoms with Crippen LogP contribution in [0, 0.1) is 5.92 Å². The monoisotopic (exact) mass is 346 g/mol. The van der Waals surface area contributed by atoms with E-state index in [1.54, 1.807) is 0 Å². The van der Waals surface area contributed by atoms with Gasteiger partial charge in [0.15, 0.2) is 0 Å². The van der Waals surface area contributed by atoms with Crippen molar-refractivity contribution >= 4 is 11.9 Å². The van der Waals surface area contributed by atoms with Gasteiger partial charge in [-0.2, -0.15) is 5.10 Å². The molecule has 0 aliphatic heterocycles. The first-order valence-corrected chi connectivity index (χ1v) is 9.55. The van der Waals surface area contributed by atoms with Crippen LogP contribution in [0.5, 0.6) is 0 Å². The number of amides is 1. The molecule has 2 atom stereocenters. The number of hydrogen-bond acceptors (Lipinski definition) is 4. The molecule has 1 aromatic heterocycles. The second-order valence-corrected chi connectivity index (χ2v) is 9.21. The standard InChI is InChI=1S/C19H30N4O2/c1-18(2,3)23-16(20-4)8-15(22-23)13-5-6-14(7-13)25-17(24)21-19-9-12(10-19)11-19/h8,12-14,20H,5-7,9-11H2,1-4H3,(H,21,24)/t12?,13-,14+,19?/m0/s1. The quantitative estimate of drug-likeness (QED) is 0.874. The number of carbonyl (C=O) groups is 1. The maximum absolute atomic E-state index is 12.1. The Morgan fingerprint density at radius 1 is 1.32 bits per heavy atom. The summed E-state index contributed by atoms with van der Waals surface area (Å²) in [6, 6.07) is 2.14. The van der Waals surface area contributed by atoms with Gasteiger partial charge in [-0.05, 0) is 65.2 Å². The minimum absolute atomic E-state index is 0.00942. The molecule has 0 spiro atoms. The zero-order chi connectivity index (χ0) is 17.8. The molecule has 0 aromatic carbocycles. The topological polar surface area (TPSA) is 68.2 Å². The molecule has 4 aliphatic carbocycles. The Kier molecular flexibility index (Phi) is 3.78. The summed E-state index contributed by atoms with van der Waals surface area (Å²) >= 11 is 0. The van der Waals surface area contributed by atoms with Gasteiger partial charge in [-0.3, -0.25) is 0 Å². The molecule has 4 aliphatic rings. The molecule has 5 rings (SSSR count). The molecule has 0 saturated heterocycles. The molecular formula is C19H30N4O2. The maximum Gasteiger partial charge on any atom is 0.407 e. The maximum atomic E-state index is 12.1. The predicted octanol–water partition coefficient (Wildman–Crippen LogP) is 3.59. The lowest BCUT2D eigenvalue weighted by Gasteiger charge is -2.61. The number of rotatable bonds is 4. The SMILES string of the molecule is CNc1cc([C@H]2CC[C@@H](OC(=O)NC34CC(C3)C4)C2)nn1C(C)(C)C. The molecule has 2 bridgehead atoms. The van der Waals surface area contributed by atoms with Crippen molar-refractivity contribution < 1.29 is 9.53 Å². The predicted molar refractivity (Wildman–Crippen MR) is 96.8 cm³/mol. The number of aromatic nitrogens is 2. The fourth-order valence-electron chi connectivity index (χ4n) is 4.63. The van der Waals surface area contributed by atoms with Gasteiger partial charge < -0.3 is 15.4 Å². The number of nitrogens with zero attached hydrogens (tertiary/aromatic N) is 2. The normalized spacial score (nSPS) is 33.4. The third-order valence-corrected chi connectivity index (χ3v) is 6.10. The van der Waals surface area contributed by atoms with E-state index in [4.69, 9.17) is 9.84 Å². The third kappa shape index (κ3) is 3.00. The Labute approximate surface area is 149 Å². The smallest absolute Gasteiger partial charge is 0.407 e. The van der Waals surface area contributed by atoms with E-state index < -0.39 is 0 Å². The Balaban J connectivity index is 1.35. The van der Waals surface area contributed by atoms with Crippen LogP contribution in [0.15, 0.2) is 6.07 Å². The van der Waals surface area contributed by atoms with Gasteiger partial charge in [-0.25, -0.2) is 9.48 Å². The van der Waals surface area contributed by atoms with E-state index in [0.717, 1.165) is 56.0 Å². The Hall–Kier alpha value is -1.72. The van der Waals surface area contributed by atoms with E-state index in [0.29, 0.717) is 5.92 Å². The van der Waals surface area contributed by atoms with Crippen molar-refractivity contribution in [2.45, 2.75) is 82.4 Å². The van der Waals surface area contributed by atoms with Gasteiger partial charge >= 0.3 is 6.09 Å². The number of anilines is 1. The van der Waals surface area contributed by atoms with Crippen LogP contribution in [-0.2, 0) is 10.3 Å². The molecule has 138 valence electrons. The summed E-state index contributed by atoms with van der Waals surface area (Å²) in [4.78, 5) is 12.1. The molecule has 2 N–H and O–H groups in total. The second-order valence-electron chi connectivity index (χ2n) is 9.21. The molecular weight excluding hydrogens is 316 g/mol. The summed E-state index contributed by atoms with van der Waals surface area (Å²) in [5.74, 6) is 2.26. The number of hydrogen-bond donors (Lipinski definition) is 2. The van der Waals surface area contributed by atoms with Crippen molar-refractivity contribution in [1.82, 2.24) is 15.1 Å². The van der Waals surface area contributed by atoms with E-state index in [-0.39, 0.29) is 23.3 Å². The van der Waals surface area contributed by atoms with Gasteiger partial charge in [0.05, 0.1) is 11.2 Å². The van der Waals surface area contributed by atoms with Gasteiger partial charge in [0.25, 0.3) is 0 Å². The van der Waals surface area contributed by atoms with Crippen molar-refractivity contribution in [3.63, 3.8) is 0 Å². The number of nitrogens with one attached hydrogen (secondary N) is 2. The summed E-state index contributed by atoms with van der Waals surface area (Å²) in [5, 5.41) is 11.2. The Morgan fingerprint density at radius 3 is 2.56 bits per heavy atom. The summed E-state index contributed by atoms with van der Waals surface area (Å²) in [5.41, 5.74) is 1.13. The molecule has 4 fully saturated rings. The van der Waals surface area contributed by atoms with Crippen LogP contribution in [-0.4, -0.2) is 34.6 Å². The Morgan fingerprint density at radius 2 is 2.04 bits per heavy atom. The van der Waals surface area contributed by atoms with Crippen molar-refractivity contribution in [3.05, 3.63) is 11.8 Å². The van der Waals surface area contributed by atoms with Crippen LogP contribution in [0.4, 0.5) is 10.6 Å². The largest absolute Gasteiger partial charge is 0.446 e. The molecule has 1 aromatic rings. The lowest BCUT2D eigenvalue weighted by atomic mass is 9.50. The first-order valence-electron chi connectivity index (χ1n) is 9.55. The van der Waals surface area contributed by atoms with Gasteiger partial charge in [-0.1, -0.05) is 0 Å². The third-order valence-electron chi connectivity index (χ3n) is 6.10. The molecule has 25 heavy (non-hydrogen) atoms. The lowest BCUT2D eigenvalue weighted by molar-refractivity contribution is -0.0506. The van der Waals surface area contributed by atoms with Crippen LogP contribution in [0.3, 0.4) is 0 Å². The van der Waals surface area contributed by atoms with Gasteiger partial charge in [-0.15, -0.1) is 0 Å². The van der Waals surface area contributed by atoms with Crippen molar-refractivity contribution in [1.29, 1.82) is 0 Å². The number of carbonyl (C=O) groups excluding carboxylic acids is 1. The molecule has 0 unspecified atom stereocenters. The summed E-state index contributed by atoms with van der Waals surface area (Å²) in [7, 11) is 1.93. The highest BCUT2D eigenvalue weighted by atomic mass is 16.6. The fraction of sp³-hybridized carbons (Fsp3) is 0.789. The highest BCUT2D eigenvalue weighted by molar-refractivity contribution is 5.69. The van der Waals surface area contributed by atoms with E-state index in [1.165, 1.54) is 0 Å². The van der Waals surface area contributed by atoms with Crippen molar-refractivity contribution in [3.8, 4) is 0 Å². The molecule has 6 heteroatoms. The first kappa shape index (κ1) is 16.7. The summed E-state index contributed by atoms with van der Waals surface area (Å²) < 4.78 is 7.74. The van der Waals surface area contributed by atoms with Gasteiger partial charge in [0.1, 0.15) is 11.9 Å². The molecule has 6 nitrogen and oxygen atoms in total. The second kappa shape index (κ2) is 5.64. The van der Waals surface area contributed by atoms with Gasteiger partial charge in [0.2, 0.25) is 0 Å². The molecule has 1 heterocycles. The number of alkyl carbamates (subject to hydrolysis) is 1. The summed E-state index contributed by atoms with van der Waals surface area (Å²) in [6.07, 6.45) is 6.04. The van der Waals surface area contributed by atoms with Crippen LogP contribution >= 0.6 is 0 Å². The molecule has 1 amide bonds. The van der Waals surface area contributed by atoms with Crippen LogP contribution < -0.4 is 10.6 Å². The minimum atomic E-state index is -0.222. The zero-order valence-electron chi connectivity index (χ0n) is 15.8. The lowest BCUT2D eigenvalue weighted by Crippen LogP contribution is -2.68. The van der Waals surface area contributed by atoms with Crippen molar-refractivity contribution in [2.75, 3.05) is 12.4 Å². The van der Waals surface area contributed by atoms with Crippen molar-refractivity contribution in [2.24, 2.45) is 5.92 Å². The average Bonchev–Trinajstić information content (AvgIpc) is 3.06. The highest BCUT2D eigenvalue weighted by Gasteiger charge is 2.57. The van der Waals surface area contributed by atoms with E-state index in [1.807, 2.05) is 11.7 Å². The van der Waals surface area contributed by atoms with E-state index in [9.17, 15) is 4.79 Å². The zero-order valence-corrected chi connectivity index (χ0v) is 15.8. The number of ether oxygens (including phenoxy) is 1. The fourth-order valence-corrected chi connectivity index (χ4v) is 4.63. The first-order chi connectivity index (χ1) is 11.8. The average molecular weight is 346 g/mol. The highest BCUT2D eigenvalue weighted by Crippen LogP contribution is 2.57.